The monoisotopic (exact) mass is 598 g/mol. The van der Waals surface area contributed by atoms with E-state index in [0.29, 0.717) is 18.8 Å². The van der Waals surface area contributed by atoms with E-state index in [1.807, 2.05) is 78.2 Å². The van der Waals surface area contributed by atoms with Crippen LogP contribution in [0.3, 0.4) is 0 Å². The molecule has 0 aliphatic carbocycles. The van der Waals surface area contributed by atoms with Crippen LogP contribution in [-0.2, 0) is 19.1 Å². The molecule has 0 fully saturated rings. The van der Waals surface area contributed by atoms with Gasteiger partial charge in [0.25, 0.3) is 0 Å². The van der Waals surface area contributed by atoms with Gasteiger partial charge in [-0.1, -0.05) is 87.8 Å². The van der Waals surface area contributed by atoms with E-state index in [1.165, 1.54) is 6.08 Å². The molecule has 42 heavy (non-hydrogen) atoms. The van der Waals surface area contributed by atoms with Crippen molar-refractivity contribution in [3.05, 3.63) is 71.4 Å². The first-order valence-corrected chi connectivity index (χ1v) is 16.7. The smallest absolute Gasteiger partial charge is 0.331 e. The third kappa shape index (κ3) is 14.6. The zero-order valence-electron chi connectivity index (χ0n) is 27.3. The van der Waals surface area contributed by atoms with Crippen molar-refractivity contribution in [3.8, 4) is 0 Å². The molecule has 1 aliphatic heterocycles. The molecule has 7 atom stereocenters. The summed E-state index contributed by atoms with van der Waals surface area (Å²) < 4.78 is 5.37. The molecule has 234 valence electrons. The zero-order chi connectivity index (χ0) is 31.8. The lowest BCUT2D eigenvalue weighted by molar-refractivity contribution is -0.143. The molecule has 0 saturated carbocycles. The number of carbonyl (C=O) groups is 3. The lowest BCUT2D eigenvalue weighted by Crippen LogP contribution is -2.34. The number of aliphatic hydroxyl groups is 1. The second-order valence-electron chi connectivity index (χ2n) is 12.1. The SMILES string of the molecule is CSCCCC(=O)/C=C(\C)C[C@H](C)[C@@H](O)[C@H](C)C(=O)[C@H](C)/C=C(C)/C=C/C[C@@H](C)/C=C(C)\C=C\[C@@H]1OC(=O)C=C[C@@H]1C. The van der Waals surface area contributed by atoms with Gasteiger partial charge in [0.15, 0.2) is 5.78 Å². The predicted molar refractivity (Wildman–Crippen MR) is 177 cm³/mol. The van der Waals surface area contributed by atoms with Crippen LogP contribution in [0.25, 0.3) is 0 Å². The maximum absolute atomic E-state index is 13.1. The summed E-state index contributed by atoms with van der Waals surface area (Å²) in [4.78, 5) is 36.7. The van der Waals surface area contributed by atoms with Crippen LogP contribution in [0.1, 0.15) is 81.1 Å². The third-order valence-corrected chi connectivity index (χ3v) is 8.32. The molecule has 0 radical (unpaired) electrons. The number of ketones is 2. The maximum atomic E-state index is 13.1. The van der Waals surface area contributed by atoms with Crippen LogP contribution in [0.2, 0.25) is 0 Å². The lowest BCUT2D eigenvalue weighted by atomic mass is 9.82. The molecule has 5 nitrogen and oxygen atoms in total. The molecule has 0 aromatic heterocycles. The van der Waals surface area contributed by atoms with E-state index < -0.39 is 12.0 Å². The predicted octanol–water partition coefficient (Wildman–Crippen LogP) is 8.02. The fraction of sp³-hybridized carbons (Fsp3) is 0.583. The normalized spacial score (nSPS) is 22.2. The number of aliphatic hydroxyl groups excluding tert-OH is 1. The number of hydrogen-bond acceptors (Lipinski definition) is 6. The van der Waals surface area contributed by atoms with Crippen molar-refractivity contribution in [1.29, 1.82) is 0 Å². The van der Waals surface area contributed by atoms with Gasteiger partial charge >= 0.3 is 5.97 Å². The van der Waals surface area contributed by atoms with Crippen LogP contribution in [0, 0.1) is 29.6 Å². The lowest BCUT2D eigenvalue weighted by Gasteiger charge is -2.25. The zero-order valence-corrected chi connectivity index (χ0v) is 28.1. The summed E-state index contributed by atoms with van der Waals surface area (Å²) in [6, 6.07) is 0. The number of hydrogen-bond donors (Lipinski definition) is 1. The Labute approximate surface area is 259 Å². The molecule has 1 rings (SSSR count). The summed E-state index contributed by atoms with van der Waals surface area (Å²) in [6.45, 7) is 15.8. The van der Waals surface area contributed by atoms with Crippen molar-refractivity contribution in [3.63, 3.8) is 0 Å². The Morgan fingerprint density at radius 1 is 1.07 bits per heavy atom. The van der Waals surface area contributed by atoms with Gasteiger partial charge in [0, 0.05) is 30.3 Å². The Morgan fingerprint density at radius 3 is 2.40 bits per heavy atom. The Bertz CT molecular complexity index is 1080. The molecule has 0 aromatic carbocycles. The minimum absolute atomic E-state index is 0.0176. The summed E-state index contributed by atoms with van der Waals surface area (Å²) in [7, 11) is 0. The Kier molecular flexibility index (Phi) is 17.6. The number of cyclic esters (lactones) is 1. The van der Waals surface area contributed by atoms with Crippen LogP contribution in [0.4, 0.5) is 0 Å². The number of Topliss-reactive ketones (excluding diaryl/α,β-unsaturated/α-hetero) is 1. The van der Waals surface area contributed by atoms with Crippen molar-refractivity contribution in [2.24, 2.45) is 29.6 Å². The third-order valence-electron chi connectivity index (χ3n) is 7.62. The van der Waals surface area contributed by atoms with Crippen molar-refractivity contribution < 1.29 is 24.2 Å². The van der Waals surface area contributed by atoms with Crippen molar-refractivity contribution in [2.45, 2.75) is 93.3 Å². The van der Waals surface area contributed by atoms with Gasteiger partial charge in [-0.05, 0) is 76.0 Å². The first kappa shape index (κ1) is 37.6. The van der Waals surface area contributed by atoms with Crippen LogP contribution in [0.5, 0.6) is 0 Å². The highest BCUT2D eigenvalue weighted by atomic mass is 32.2. The highest BCUT2D eigenvalue weighted by molar-refractivity contribution is 7.98. The van der Waals surface area contributed by atoms with E-state index in [-0.39, 0.29) is 41.4 Å². The summed E-state index contributed by atoms with van der Waals surface area (Å²) in [5, 5.41) is 10.9. The molecular weight excluding hydrogens is 544 g/mol. The Morgan fingerprint density at radius 2 is 1.74 bits per heavy atom. The van der Waals surface area contributed by atoms with Gasteiger partial charge in [-0.3, -0.25) is 9.59 Å². The Balaban J connectivity index is 2.61. The molecule has 1 N–H and O–H groups in total. The van der Waals surface area contributed by atoms with E-state index >= 15 is 0 Å². The molecule has 0 unspecified atom stereocenters. The maximum Gasteiger partial charge on any atom is 0.331 e. The van der Waals surface area contributed by atoms with Gasteiger partial charge < -0.3 is 9.84 Å². The summed E-state index contributed by atoms with van der Waals surface area (Å²) >= 11 is 1.74. The summed E-state index contributed by atoms with van der Waals surface area (Å²) in [6.07, 6.45) is 21.2. The standard InChI is InChI=1S/C36H54O5S/c1-24(20-26(3)15-17-33-28(5)16-18-34(38)41-33)12-10-13-25(2)21-29(6)35(39)31(8)36(40)30(7)22-27(4)23-32(37)14-11-19-42-9/h10,13,15-18,20-21,23-24,28-31,33,36,40H,11-12,14,19,22H2,1-9H3/b13-10+,17-15+,25-21+,26-20-,27-23+/t24-,28+,29-,30+,31-,33+,36-/m1/s1. The average Bonchev–Trinajstić information content (AvgIpc) is 2.92. The minimum Gasteiger partial charge on any atom is -0.454 e. The molecular formula is C36H54O5S. The minimum atomic E-state index is -0.770. The van der Waals surface area contributed by atoms with E-state index in [9.17, 15) is 19.5 Å². The molecule has 1 heterocycles. The Hall–Kier alpha value is -2.44. The molecule has 0 amide bonds. The van der Waals surface area contributed by atoms with Crippen LogP contribution < -0.4 is 0 Å². The average molecular weight is 599 g/mol. The van der Waals surface area contributed by atoms with Gasteiger partial charge in [-0.15, -0.1) is 0 Å². The van der Waals surface area contributed by atoms with Gasteiger partial charge in [-0.25, -0.2) is 4.79 Å². The molecule has 1 aliphatic rings. The summed E-state index contributed by atoms with van der Waals surface area (Å²) in [5.41, 5.74) is 3.07. The summed E-state index contributed by atoms with van der Waals surface area (Å²) in [5.74, 6) is 0.379. The largest absolute Gasteiger partial charge is 0.454 e. The quantitative estimate of drug-likeness (QED) is 0.0745. The number of allylic oxidation sites excluding steroid dienone is 9. The first-order chi connectivity index (χ1) is 19.7. The number of thioether (sulfide) groups is 1. The molecule has 6 heteroatoms. The van der Waals surface area contributed by atoms with E-state index in [1.54, 1.807) is 24.8 Å². The second kappa shape index (κ2) is 19.7. The first-order valence-electron chi connectivity index (χ1n) is 15.3. The second-order valence-corrected chi connectivity index (χ2v) is 13.1. The number of carbonyl (C=O) groups excluding carboxylic acids is 3. The van der Waals surface area contributed by atoms with Crippen LogP contribution >= 0.6 is 11.8 Å². The topological polar surface area (TPSA) is 80.7 Å². The number of rotatable bonds is 18. The molecule has 0 bridgehead atoms. The van der Waals surface area contributed by atoms with Gasteiger partial charge in [-0.2, -0.15) is 11.8 Å². The number of esters is 1. The van der Waals surface area contributed by atoms with Crippen molar-refractivity contribution in [2.75, 3.05) is 12.0 Å². The van der Waals surface area contributed by atoms with Gasteiger partial charge in [0.05, 0.1) is 6.10 Å². The van der Waals surface area contributed by atoms with E-state index in [2.05, 4.69) is 19.1 Å². The molecule has 0 aromatic rings. The van der Waals surface area contributed by atoms with Crippen LogP contribution in [-0.4, -0.2) is 46.9 Å². The fourth-order valence-electron chi connectivity index (χ4n) is 5.16. The van der Waals surface area contributed by atoms with Gasteiger partial charge in [0.2, 0.25) is 0 Å². The fourth-order valence-corrected chi connectivity index (χ4v) is 5.59. The highest BCUT2D eigenvalue weighted by Gasteiger charge is 2.29. The van der Waals surface area contributed by atoms with E-state index in [0.717, 1.165) is 35.3 Å². The molecule has 0 spiro atoms. The van der Waals surface area contributed by atoms with Crippen molar-refractivity contribution >= 4 is 29.3 Å². The van der Waals surface area contributed by atoms with Crippen LogP contribution in [0.15, 0.2) is 71.4 Å². The highest BCUT2D eigenvalue weighted by Crippen LogP contribution is 2.24. The number of ether oxygens (including phenoxy) is 1. The van der Waals surface area contributed by atoms with Gasteiger partial charge in [0.1, 0.15) is 11.9 Å². The van der Waals surface area contributed by atoms with E-state index in [4.69, 9.17) is 4.74 Å². The molecule has 0 saturated heterocycles. The van der Waals surface area contributed by atoms with Crippen molar-refractivity contribution in [1.82, 2.24) is 0 Å².